The Bertz CT molecular complexity index is 1150. The standard InChI is InChI=1S/C21H22BrN3O4S/c1-11(2)9-29-21(28)17-12(3)16-19(30-17)23-10-25(20(16)27)13(4)18(26)24-15-7-5-14(22)6-8-15/h5-8,10-11,13H,9H2,1-4H3,(H,24,26). The molecule has 7 nitrogen and oxygen atoms in total. The van der Waals surface area contributed by atoms with Crippen LogP contribution in [0.3, 0.4) is 0 Å². The zero-order valence-corrected chi connectivity index (χ0v) is 19.5. The minimum absolute atomic E-state index is 0.212. The highest BCUT2D eigenvalue weighted by Gasteiger charge is 2.23. The highest BCUT2D eigenvalue weighted by Crippen LogP contribution is 2.28. The number of anilines is 1. The topological polar surface area (TPSA) is 90.3 Å². The molecule has 0 radical (unpaired) electrons. The smallest absolute Gasteiger partial charge is 0.348 e. The van der Waals surface area contributed by atoms with E-state index in [-0.39, 0.29) is 17.4 Å². The molecular formula is C21H22BrN3O4S. The van der Waals surface area contributed by atoms with Crippen molar-refractivity contribution in [2.45, 2.75) is 33.7 Å². The van der Waals surface area contributed by atoms with Crippen LogP contribution in [0.5, 0.6) is 0 Å². The molecular weight excluding hydrogens is 470 g/mol. The monoisotopic (exact) mass is 491 g/mol. The predicted molar refractivity (Wildman–Crippen MR) is 121 cm³/mol. The minimum Gasteiger partial charge on any atom is -0.461 e. The second-order valence-electron chi connectivity index (χ2n) is 7.36. The van der Waals surface area contributed by atoms with Crippen molar-refractivity contribution in [3.05, 3.63) is 55.9 Å². The first kappa shape index (κ1) is 22.2. The van der Waals surface area contributed by atoms with Crippen LogP contribution in [0.1, 0.15) is 42.0 Å². The number of carbonyl (C=O) groups is 2. The number of hydrogen-bond acceptors (Lipinski definition) is 6. The second kappa shape index (κ2) is 9.09. The summed E-state index contributed by atoms with van der Waals surface area (Å²) >= 11 is 4.47. The van der Waals surface area contributed by atoms with E-state index in [0.29, 0.717) is 33.0 Å². The van der Waals surface area contributed by atoms with Crippen molar-refractivity contribution in [2.24, 2.45) is 5.92 Å². The van der Waals surface area contributed by atoms with E-state index < -0.39 is 12.0 Å². The Hall–Kier alpha value is -2.52. The molecule has 0 saturated carbocycles. The molecule has 0 aliphatic heterocycles. The maximum Gasteiger partial charge on any atom is 0.348 e. The fourth-order valence-electron chi connectivity index (χ4n) is 2.82. The summed E-state index contributed by atoms with van der Waals surface area (Å²) in [6, 6.07) is 6.37. The summed E-state index contributed by atoms with van der Waals surface area (Å²) in [5, 5.41) is 3.12. The molecule has 3 rings (SSSR count). The number of amides is 1. The molecule has 3 aromatic rings. The number of thiophene rings is 1. The Morgan fingerprint density at radius 1 is 1.23 bits per heavy atom. The molecule has 1 atom stereocenters. The fraction of sp³-hybridized carbons (Fsp3) is 0.333. The van der Waals surface area contributed by atoms with Gasteiger partial charge in [0.1, 0.15) is 15.7 Å². The molecule has 158 valence electrons. The van der Waals surface area contributed by atoms with Crippen molar-refractivity contribution in [1.82, 2.24) is 9.55 Å². The van der Waals surface area contributed by atoms with Gasteiger partial charge in [-0.2, -0.15) is 0 Å². The fourth-order valence-corrected chi connectivity index (χ4v) is 4.12. The highest BCUT2D eigenvalue weighted by atomic mass is 79.9. The summed E-state index contributed by atoms with van der Waals surface area (Å²) < 4.78 is 7.47. The Kier molecular flexibility index (Phi) is 6.72. The maximum absolute atomic E-state index is 13.1. The summed E-state index contributed by atoms with van der Waals surface area (Å²) in [6.07, 6.45) is 1.34. The normalized spacial score (nSPS) is 12.2. The number of carbonyl (C=O) groups excluding carboxylic acids is 2. The molecule has 0 spiro atoms. The minimum atomic E-state index is -0.784. The van der Waals surface area contributed by atoms with Crippen molar-refractivity contribution in [3.8, 4) is 0 Å². The van der Waals surface area contributed by atoms with Gasteiger partial charge in [-0.15, -0.1) is 11.3 Å². The van der Waals surface area contributed by atoms with E-state index in [1.807, 2.05) is 26.0 Å². The first-order valence-corrected chi connectivity index (χ1v) is 11.0. The van der Waals surface area contributed by atoms with Crippen LogP contribution in [0.25, 0.3) is 10.2 Å². The van der Waals surface area contributed by atoms with Crippen LogP contribution in [0.4, 0.5) is 5.69 Å². The third-order valence-electron chi connectivity index (χ3n) is 4.52. The number of nitrogens with zero attached hydrogens (tertiary/aromatic N) is 2. The van der Waals surface area contributed by atoms with E-state index in [4.69, 9.17) is 4.74 Å². The number of aromatic nitrogens is 2. The summed E-state index contributed by atoms with van der Waals surface area (Å²) in [4.78, 5) is 43.2. The highest BCUT2D eigenvalue weighted by molar-refractivity contribution is 9.10. The molecule has 1 aromatic carbocycles. The molecule has 0 saturated heterocycles. The number of nitrogens with one attached hydrogen (secondary N) is 1. The van der Waals surface area contributed by atoms with Crippen LogP contribution in [-0.4, -0.2) is 28.0 Å². The predicted octanol–water partition coefficient (Wildman–Crippen LogP) is 4.54. The van der Waals surface area contributed by atoms with Crippen molar-refractivity contribution in [2.75, 3.05) is 11.9 Å². The van der Waals surface area contributed by atoms with Gasteiger partial charge in [-0.25, -0.2) is 9.78 Å². The molecule has 1 N–H and O–H groups in total. The molecule has 30 heavy (non-hydrogen) atoms. The van der Waals surface area contributed by atoms with Gasteiger partial charge in [0.05, 0.1) is 18.3 Å². The van der Waals surface area contributed by atoms with Gasteiger partial charge in [-0.05, 0) is 49.6 Å². The van der Waals surface area contributed by atoms with Gasteiger partial charge in [0, 0.05) is 10.2 Å². The number of aryl methyl sites for hydroxylation is 1. The number of halogens is 1. The van der Waals surface area contributed by atoms with Crippen molar-refractivity contribution in [3.63, 3.8) is 0 Å². The lowest BCUT2D eigenvalue weighted by atomic mass is 10.2. The van der Waals surface area contributed by atoms with Gasteiger partial charge in [-0.1, -0.05) is 29.8 Å². The van der Waals surface area contributed by atoms with Crippen LogP contribution >= 0.6 is 27.3 Å². The van der Waals surface area contributed by atoms with E-state index in [1.54, 1.807) is 26.0 Å². The molecule has 9 heteroatoms. The lowest BCUT2D eigenvalue weighted by Crippen LogP contribution is -2.31. The molecule has 1 amide bonds. The Labute approximate surface area is 186 Å². The van der Waals surface area contributed by atoms with Crippen molar-refractivity contribution >= 4 is 55.0 Å². The van der Waals surface area contributed by atoms with Crippen LogP contribution < -0.4 is 10.9 Å². The van der Waals surface area contributed by atoms with Crippen LogP contribution in [0.2, 0.25) is 0 Å². The van der Waals surface area contributed by atoms with Crippen LogP contribution in [0, 0.1) is 12.8 Å². The quantitative estimate of drug-likeness (QED) is 0.511. The van der Waals surface area contributed by atoms with Gasteiger partial charge in [0.25, 0.3) is 5.56 Å². The Morgan fingerprint density at radius 2 is 1.90 bits per heavy atom. The van der Waals surface area contributed by atoms with Gasteiger partial charge < -0.3 is 10.1 Å². The van der Waals surface area contributed by atoms with Crippen LogP contribution in [0.15, 0.2) is 39.9 Å². The largest absolute Gasteiger partial charge is 0.461 e. The molecule has 0 aliphatic rings. The van der Waals surface area contributed by atoms with E-state index >= 15 is 0 Å². The van der Waals surface area contributed by atoms with Crippen molar-refractivity contribution in [1.29, 1.82) is 0 Å². The number of esters is 1. The average molecular weight is 492 g/mol. The third kappa shape index (κ3) is 4.62. The SMILES string of the molecule is Cc1c(C(=O)OCC(C)C)sc2ncn(C(C)C(=O)Nc3ccc(Br)cc3)c(=O)c12. The number of fused-ring (bicyclic) bond motifs is 1. The lowest BCUT2D eigenvalue weighted by molar-refractivity contribution is -0.118. The Morgan fingerprint density at radius 3 is 2.53 bits per heavy atom. The summed E-state index contributed by atoms with van der Waals surface area (Å²) in [7, 11) is 0. The second-order valence-corrected chi connectivity index (χ2v) is 9.27. The van der Waals surface area contributed by atoms with Gasteiger partial charge >= 0.3 is 5.97 Å². The summed E-state index contributed by atoms with van der Waals surface area (Å²) in [5.41, 5.74) is 0.783. The van der Waals surface area contributed by atoms with E-state index in [2.05, 4.69) is 26.2 Å². The first-order chi connectivity index (χ1) is 14.2. The molecule has 1 unspecified atom stereocenters. The van der Waals surface area contributed by atoms with Crippen molar-refractivity contribution < 1.29 is 14.3 Å². The molecule has 0 fully saturated rings. The number of benzene rings is 1. The van der Waals surface area contributed by atoms with Gasteiger partial charge in [0.15, 0.2) is 0 Å². The molecule has 0 bridgehead atoms. The molecule has 2 heterocycles. The molecule has 2 aromatic heterocycles. The first-order valence-electron chi connectivity index (χ1n) is 9.42. The summed E-state index contributed by atoms with van der Waals surface area (Å²) in [6.45, 7) is 7.53. The molecule has 0 aliphatic carbocycles. The van der Waals surface area contributed by atoms with E-state index in [0.717, 1.165) is 15.8 Å². The third-order valence-corrected chi connectivity index (χ3v) is 6.23. The van der Waals surface area contributed by atoms with E-state index in [9.17, 15) is 14.4 Å². The maximum atomic E-state index is 13.1. The zero-order chi connectivity index (χ0) is 22.0. The van der Waals surface area contributed by atoms with Crippen LogP contribution in [-0.2, 0) is 9.53 Å². The number of ether oxygens (including phenoxy) is 1. The van der Waals surface area contributed by atoms with Gasteiger partial charge in [-0.3, -0.25) is 14.2 Å². The summed E-state index contributed by atoms with van der Waals surface area (Å²) in [5.74, 6) is -0.592. The van der Waals surface area contributed by atoms with Gasteiger partial charge in [0.2, 0.25) is 5.91 Å². The number of hydrogen-bond donors (Lipinski definition) is 1. The van der Waals surface area contributed by atoms with E-state index in [1.165, 1.54) is 10.9 Å². The number of rotatable bonds is 6. The average Bonchev–Trinajstić information content (AvgIpc) is 3.05. The Balaban J connectivity index is 1.89. The lowest BCUT2D eigenvalue weighted by Gasteiger charge is -2.15. The zero-order valence-electron chi connectivity index (χ0n) is 17.1.